The molecule has 0 unspecified atom stereocenters. The van der Waals surface area contributed by atoms with E-state index in [2.05, 4.69) is 15.2 Å². The Balaban J connectivity index is 2.06. The number of hydrogen-bond acceptors (Lipinski definition) is 3. The van der Waals surface area contributed by atoms with Crippen LogP contribution >= 0.6 is 0 Å². The Kier molecular flexibility index (Phi) is 6.96. The Hall–Kier alpha value is -0.810. The molecule has 5 heteroatoms. The van der Waals surface area contributed by atoms with Crippen molar-refractivity contribution < 1.29 is 9.47 Å². The van der Waals surface area contributed by atoms with Crippen LogP contribution < -0.4 is 5.32 Å². The molecule has 5 nitrogen and oxygen atoms in total. The first-order chi connectivity index (χ1) is 8.27. The van der Waals surface area contributed by atoms with E-state index in [1.165, 1.54) is 12.8 Å². The van der Waals surface area contributed by atoms with E-state index in [1.54, 1.807) is 14.2 Å². The molecule has 0 amide bonds. The lowest BCUT2D eigenvalue weighted by Crippen LogP contribution is -2.41. The zero-order valence-corrected chi connectivity index (χ0v) is 11.2. The fraction of sp³-hybridized carbons (Fsp3) is 0.917. The van der Waals surface area contributed by atoms with E-state index >= 15 is 0 Å². The predicted molar refractivity (Wildman–Crippen MR) is 69.4 cm³/mol. The summed E-state index contributed by atoms with van der Waals surface area (Å²) in [7, 11) is 5.50. The molecule has 17 heavy (non-hydrogen) atoms. The Morgan fingerprint density at radius 3 is 2.76 bits per heavy atom. The number of methoxy groups -OCH3 is 1. The van der Waals surface area contributed by atoms with Crippen molar-refractivity contribution in [3.8, 4) is 0 Å². The van der Waals surface area contributed by atoms with Crippen molar-refractivity contribution in [3.63, 3.8) is 0 Å². The van der Waals surface area contributed by atoms with Gasteiger partial charge >= 0.3 is 0 Å². The van der Waals surface area contributed by atoms with Gasteiger partial charge in [-0.3, -0.25) is 4.99 Å². The van der Waals surface area contributed by atoms with Gasteiger partial charge in [-0.05, 0) is 18.8 Å². The summed E-state index contributed by atoms with van der Waals surface area (Å²) < 4.78 is 10.6. The number of ether oxygens (including phenoxy) is 2. The third-order valence-electron chi connectivity index (χ3n) is 2.78. The second-order valence-electron chi connectivity index (χ2n) is 4.41. The van der Waals surface area contributed by atoms with E-state index in [0.29, 0.717) is 6.61 Å². The van der Waals surface area contributed by atoms with Crippen LogP contribution in [0.4, 0.5) is 0 Å². The lowest BCUT2D eigenvalue weighted by molar-refractivity contribution is 0.115. The van der Waals surface area contributed by atoms with Gasteiger partial charge < -0.3 is 19.7 Å². The molecule has 1 aliphatic carbocycles. The van der Waals surface area contributed by atoms with Crippen LogP contribution in [-0.2, 0) is 9.47 Å². The molecular formula is C12H25N3O2. The first-order valence-corrected chi connectivity index (χ1v) is 6.26. The second kappa shape index (κ2) is 8.31. The molecule has 1 fully saturated rings. The van der Waals surface area contributed by atoms with E-state index < -0.39 is 0 Å². The maximum Gasteiger partial charge on any atom is 0.193 e. The summed E-state index contributed by atoms with van der Waals surface area (Å²) in [5.74, 6) is 1.72. The van der Waals surface area contributed by atoms with E-state index in [-0.39, 0.29) is 0 Å². The third-order valence-corrected chi connectivity index (χ3v) is 2.78. The number of guanidine groups is 1. The molecule has 1 N–H and O–H groups in total. The minimum absolute atomic E-state index is 0.686. The number of aliphatic imine (C=N–C) groups is 1. The molecule has 0 aliphatic heterocycles. The molecular weight excluding hydrogens is 218 g/mol. The zero-order valence-electron chi connectivity index (χ0n) is 11.2. The van der Waals surface area contributed by atoms with Gasteiger partial charge in [0.1, 0.15) is 0 Å². The minimum atomic E-state index is 0.686. The fourth-order valence-corrected chi connectivity index (χ4v) is 1.49. The van der Waals surface area contributed by atoms with Gasteiger partial charge in [0.25, 0.3) is 0 Å². The van der Waals surface area contributed by atoms with Crippen LogP contribution in [0.3, 0.4) is 0 Å². The highest BCUT2D eigenvalue weighted by molar-refractivity contribution is 5.79. The highest BCUT2D eigenvalue weighted by atomic mass is 16.5. The molecule has 0 radical (unpaired) electrons. The highest BCUT2D eigenvalue weighted by Crippen LogP contribution is 2.28. The normalized spacial score (nSPS) is 16.1. The molecule has 100 valence electrons. The number of rotatable bonds is 8. The van der Waals surface area contributed by atoms with E-state index in [4.69, 9.17) is 9.47 Å². The average molecular weight is 243 g/mol. The van der Waals surface area contributed by atoms with E-state index in [0.717, 1.165) is 38.2 Å². The standard InChI is InChI=1S/C12H25N3O2/c1-13-12(14-6-8-16-3)15(2)7-9-17-10-11-4-5-11/h11H,4-10H2,1-3H3,(H,13,14). The number of likely N-dealkylation sites (N-methyl/N-ethyl adjacent to an activating group) is 1. The Morgan fingerprint density at radius 1 is 1.41 bits per heavy atom. The Morgan fingerprint density at radius 2 is 2.18 bits per heavy atom. The monoisotopic (exact) mass is 243 g/mol. The Bertz CT molecular complexity index is 230. The van der Waals surface area contributed by atoms with Gasteiger partial charge in [-0.15, -0.1) is 0 Å². The van der Waals surface area contributed by atoms with Gasteiger partial charge in [0.2, 0.25) is 0 Å². The maximum absolute atomic E-state index is 5.60. The maximum atomic E-state index is 5.60. The molecule has 0 atom stereocenters. The molecule has 0 heterocycles. The molecule has 1 rings (SSSR count). The number of hydrogen-bond donors (Lipinski definition) is 1. The fourth-order valence-electron chi connectivity index (χ4n) is 1.49. The van der Waals surface area contributed by atoms with E-state index in [1.807, 2.05) is 7.05 Å². The van der Waals surface area contributed by atoms with Crippen molar-refractivity contribution in [1.82, 2.24) is 10.2 Å². The lowest BCUT2D eigenvalue weighted by Gasteiger charge is -2.21. The summed E-state index contributed by atoms with van der Waals surface area (Å²) in [6, 6.07) is 0. The molecule has 1 aliphatic rings. The molecule has 0 saturated heterocycles. The SMILES string of the molecule is CN=C(NCCOC)N(C)CCOCC1CC1. The van der Waals surface area contributed by atoms with Crippen molar-refractivity contribution >= 4 is 5.96 Å². The van der Waals surface area contributed by atoms with Gasteiger partial charge in [-0.2, -0.15) is 0 Å². The molecule has 0 spiro atoms. The van der Waals surface area contributed by atoms with Crippen molar-refractivity contribution in [3.05, 3.63) is 0 Å². The van der Waals surface area contributed by atoms with Crippen LogP contribution in [0.5, 0.6) is 0 Å². The van der Waals surface area contributed by atoms with Gasteiger partial charge in [0, 0.05) is 40.9 Å². The van der Waals surface area contributed by atoms with Crippen molar-refractivity contribution in [1.29, 1.82) is 0 Å². The zero-order chi connectivity index (χ0) is 12.5. The van der Waals surface area contributed by atoms with Gasteiger partial charge in [0.15, 0.2) is 5.96 Å². The topological polar surface area (TPSA) is 46.1 Å². The van der Waals surface area contributed by atoms with Crippen molar-refractivity contribution in [2.24, 2.45) is 10.9 Å². The molecule has 0 bridgehead atoms. The first kappa shape index (κ1) is 14.3. The lowest BCUT2D eigenvalue weighted by atomic mass is 10.5. The van der Waals surface area contributed by atoms with Crippen LogP contribution in [0.2, 0.25) is 0 Å². The molecule has 0 aromatic rings. The minimum Gasteiger partial charge on any atom is -0.383 e. The van der Waals surface area contributed by atoms with Crippen LogP contribution in [0, 0.1) is 5.92 Å². The summed E-state index contributed by atoms with van der Waals surface area (Å²) in [4.78, 5) is 6.28. The number of nitrogens with one attached hydrogen (secondary N) is 1. The molecule has 0 aromatic carbocycles. The largest absolute Gasteiger partial charge is 0.383 e. The van der Waals surface area contributed by atoms with Crippen LogP contribution in [-0.4, -0.2) is 65.0 Å². The van der Waals surface area contributed by atoms with Gasteiger partial charge in [0.05, 0.1) is 13.2 Å². The average Bonchev–Trinajstić information content (AvgIpc) is 3.14. The summed E-state index contributed by atoms with van der Waals surface area (Å²) in [5, 5.41) is 3.23. The molecule has 1 saturated carbocycles. The summed E-state index contributed by atoms with van der Waals surface area (Å²) in [5.41, 5.74) is 0. The first-order valence-electron chi connectivity index (χ1n) is 6.26. The second-order valence-corrected chi connectivity index (χ2v) is 4.41. The number of nitrogens with zero attached hydrogens (tertiary/aromatic N) is 2. The van der Waals surface area contributed by atoms with Crippen LogP contribution in [0.15, 0.2) is 4.99 Å². The highest BCUT2D eigenvalue weighted by Gasteiger charge is 2.21. The van der Waals surface area contributed by atoms with Crippen molar-refractivity contribution in [2.45, 2.75) is 12.8 Å². The predicted octanol–water partition coefficient (Wildman–Crippen LogP) is 0.567. The quantitative estimate of drug-likeness (QED) is 0.384. The summed E-state index contributed by atoms with van der Waals surface area (Å²) >= 11 is 0. The third kappa shape index (κ3) is 6.48. The summed E-state index contributed by atoms with van der Waals surface area (Å²) in [6.45, 7) is 4.00. The summed E-state index contributed by atoms with van der Waals surface area (Å²) in [6.07, 6.45) is 2.69. The smallest absolute Gasteiger partial charge is 0.193 e. The van der Waals surface area contributed by atoms with Crippen LogP contribution in [0.1, 0.15) is 12.8 Å². The van der Waals surface area contributed by atoms with Gasteiger partial charge in [-0.25, -0.2) is 0 Å². The van der Waals surface area contributed by atoms with Crippen molar-refractivity contribution in [2.75, 3.05) is 54.1 Å². The Labute approximate surface area is 104 Å². The molecule has 0 aromatic heterocycles. The van der Waals surface area contributed by atoms with E-state index in [9.17, 15) is 0 Å². The van der Waals surface area contributed by atoms with Crippen LogP contribution in [0.25, 0.3) is 0 Å². The van der Waals surface area contributed by atoms with Gasteiger partial charge in [-0.1, -0.05) is 0 Å².